The summed E-state index contributed by atoms with van der Waals surface area (Å²) < 4.78 is 10.8. The molecular weight excluding hydrogens is 358 g/mol. The van der Waals surface area contributed by atoms with E-state index in [1.165, 1.54) is 11.1 Å². The minimum atomic E-state index is 0.220. The molecule has 144 valence electrons. The van der Waals surface area contributed by atoms with Crippen LogP contribution < -0.4 is 15.4 Å². The maximum atomic E-state index is 5.52. The molecule has 0 radical (unpaired) electrons. The molecule has 2 N–H and O–H groups in total. The zero-order valence-electron chi connectivity index (χ0n) is 15.9. The smallest absolute Gasteiger partial charge is 0.170 e. The van der Waals surface area contributed by atoms with Gasteiger partial charge in [0.2, 0.25) is 0 Å². The fraction of sp³-hybridized carbons (Fsp3) is 0.381. The zero-order valence-corrected chi connectivity index (χ0v) is 16.7. The standard InChI is InChI=1S/C21H27N3O2S/c1-16-4-3-5-18(14-16)23-21(27)22-15-20(24-10-12-26-13-11-24)17-6-8-19(25-2)9-7-17/h3-9,14,20H,10-13,15H2,1-2H3,(H2,22,23,27). The lowest BCUT2D eigenvalue weighted by Crippen LogP contribution is -2.44. The number of hydrogen-bond donors (Lipinski definition) is 2. The van der Waals surface area contributed by atoms with Crippen molar-refractivity contribution in [3.05, 3.63) is 59.7 Å². The molecule has 1 aliphatic heterocycles. The van der Waals surface area contributed by atoms with Gasteiger partial charge in [-0.2, -0.15) is 0 Å². The Morgan fingerprint density at radius 3 is 2.59 bits per heavy atom. The van der Waals surface area contributed by atoms with Crippen LogP contribution in [0.4, 0.5) is 5.69 Å². The van der Waals surface area contributed by atoms with Gasteiger partial charge in [0.1, 0.15) is 5.75 Å². The van der Waals surface area contributed by atoms with Crippen molar-refractivity contribution in [2.45, 2.75) is 13.0 Å². The monoisotopic (exact) mass is 385 g/mol. The van der Waals surface area contributed by atoms with Gasteiger partial charge in [-0.15, -0.1) is 0 Å². The van der Waals surface area contributed by atoms with Crippen LogP contribution in [0.1, 0.15) is 17.2 Å². The van der Waals surface area contributed by atoms with Crippen molar-refractivity contribution in [1.82, 2.24) is 10.2 Å². The normalized spacial score (nSPS) is 15.8. The van der Waals surface area contributed by atoms with E-state index in [4.69, 9.17) is 21.7 Å². The summed E-state index contributed by atoms with van der Waals surface area (Å²) in [5.74, 6) is 0.865. The van der Waals surface area contributed by atoms with E-state index in [0.29, 0.717) is 5.11 Å². The highest BCUT2D eigenvalue weighted by molar-refractivity contribution is 7.80. The van der Waals surface area contributed by atoms with Gasteiger partial charge in [-0.1, -0.05) is 24.3 Å². The molecule has 0 aliphatic carbocycles. The molecule has 0 bridgehead atoms. The first-order chi connectivity index (χ1) is 13.2. The Bertz CT molecular complexity index is 745. The lowest BCUT2D eigenvalue weighted by molar-refractivity contribution is 0.0170. The average molecular weight is 386 g/mol. The minimum absolute atomic E-state index is 0.220. The summed E-state index contributed by atoms with van der Waals surface area (Å²) >= 11 is 5.50. The largest absolute Gasteiger partial charge is 0.497 e. The molecule has 3 rings (SSSR count). The SMILES string of the molecule is COc1ccc(C(CNC(=S)Nc2cccc(C)c2)N2CCOCC2)cc1. The van der Waals surface area contributed by atoms with Crippen LogP contribution in [-0.4, -0.2) is 50.0 Å². The molecule has 1 heterocycles. The Balaban J connectivity index is 1.65. The molecule has 5 nitrogen and oxygen atoms in total. The van der Waals surface area contributed by atoms with Crippen LogP contribution in [-0.2, 0) is 4.74 Å². The van der Waals surface area contributed by atoms with Crippen LogP contribution in [0.5, 0.6) is 5.75 Å². The van der Waals surface area contributed by atoms with E-state index in [1.807, 2.05) is 24.3 Å². The molecule has 1 saturated heterocycles. The van der Waals surface area contributed by atoms with Crippen molar-refractivity contribution in [3.63, 3.8) is 0 Å². The summed E-state index contributed by atoms with van der Waals surface area (Å²) in [6, 6.07) is 16.7. The maximum Gasteiger partial charge on any atom is 0.170 e. The fourth-order valence-electron chi connectivity index (χ4n) is 3.26. The van der Waals surface area contributed by atoms with Gasteiger partial charge in [-0.3, -0.25) is 4.90 Å². The van der Waals surface area contributed by atoms with Crippen molar-refractivity contribution in [2.75, 3.05) is 45.3 Å². The zero-order chi connectivity index (χ0) is 19.1. The van der Waals surface area contributed by atoms with Crippen LogP contribution >= 0.6 is 12.2 Å². The van der Waals surface area contributed by atoms with E-state index in [0.717, 1.165) is 44.3 Å². The summed E-state index contributed by atoms with van der Waals surface area (Å²) in [6.07, 6.45) is 0. The van der Waals surface area contributed by atoms with E-state index in [1.54, 1.807) is 7.11 Å². The molecule has 27 heavy (non-hydrogen) atoms. The molecule has 0 spiro atoms. The highest BCUT2D eigenvalue weighted by Gasteiger charge is 2.22. The first-order valence-corrected chi connectivity index (χ1v) is 9.64. The van der Waals surface area contributed by atoms with Crippen LogP contribution in [0.15, 0.2) is 48.5 Å². The number of aryl methyl sites for hydroxylation is 1. The highest BCUT2D eigenvalue weighted by Crippen LogP contribution is 2.23. The predicted octanol–water partition coefficient (Wildman–Crippen LogP) is 3.36. The topological polar surface area (TPSA) is 45.8 Å². The average Bonchev–Trinajstić information content (AvgIpc) is 2.69. The van der Waals surface area contributed by atoms with E-state index >= 15 is 0 Å². The number of thiocarbonyl (C=S) groups is 1. The summed E-state index contributed by atoms with van der Waals surface area (Å²) in [5, 5.41) is 7.28. The molecular formula is C21H27N3O2S. The quantitative estimate of drug-likeness (QED) is 0.744. The van der Waals surface area contributed by atoms with Gasteiger partial charge < -0.3 is 20.1 Å². The number of rotatable bonds is 6. The lowest BCUT2D eigenvalue weighted by atomic mass is 10.0. The Kier molecular flexibility index (Phi) is 7.04. The van der Waals surface area contributed by atoms with Crippen molar-refractivity contribution in [1.29, 1.82) is 0 Å². The van der Waals surface area contributed by atoms with Crippen molar-refractivity contribution >= 4 is 23.0 Å². The van der Waals surface area contributed by atoms with Crippen LogP contribution in [0.25, 0.3) is 0 Å². The lowest BCUT2D eigenvalue weighted by Gasteiger charge is -2.35. The number of anilines is 1. The summed E-state index contributed by atoms with van der Waals surface area (Å²) in [7, 11) is 1.69. The highest BCUT2D eigenvalue weighted by atomic mass is 32.1. The Hall–Kier alpha value is -2.15. The number of ether oxygens (including phenoxy) is 2. The molecule has 0 aromatic heterocycles. The predicted molar refractivity (Wildman–Crippen MR) is 114 cm³/mol. The van der Waals surface area contributed by atoms with E-state index in [-0.39, 0.29) is 6.04 Å². The third-order valence-corrected chi connectivity index (χ3v) is 4.97. The van der Waals surface area contributed by atoms with Crippen molar-refractivity contribution < 1.29 is 9.47 Å². The van der Waals surface area contributed by atoms with Gasteiger partial charge in [0, 0.05) is 25.3 Å². The van der Waals surface area contributed by atoms with E-state index in [9.17, 15) is 0 Å². The molecule has 2 aromatic carbocycles. The van der Waals surface area contributed by atoms with Gasteiger partial charge in [0.15, 0.2) is 5.11 Å². The number of methoxy groups -OCH3 is 1. The van der Waals surface area contributed by atoms with Crippen LogP contribution in [0, 0.1) is 6.92 Å². The summed E-state index contributed by atoms with van der Waals surface area (Å²) in [5.41, 5.74) is 3.44. The van der Waals surface area contributed by atoms with Gasteiger partial charge in [-0.25, -0.2) is 0 Å². The molecule has 1 unspecified atom stereocenters. The van der Waals surface area contributed by atoms with Crippen molar-refractivity contribution in [2.24, 2.45) is 0 Å². The first kappa shape index (κ1) is 19.6. The number of nitrogens with one attached hydrogen (secondary N) is 2. The maximum absolute atomic E-state index is 5.52. The molecule has 2 aromatic rings. The molecule has 1 atom stereocenters. The molecule has 6 heteroatoms. The third-order valence-electron chi connectivity index (χ3n) is 4.72. The second-order valence-corrected chi connectivity index (χ2v) is 7.05. The fourth-order valence-corrected chi connectivity index (χ4v) is 3.46. The van der Waals surface area contributed by atoms with Crippen LogP contribution in [0.3, 0.4) is 0 Å². The number of benzene rings is 2. The summed E-state index contributed by atoms with van der Waals surface area (Å²) in [6.45, 7) is 6.15. The Morgan fingerprint density at radius 1 is 1.19 bits per heavy atom. The molecule has 1 aliphatic rings. The van der Waals surface area contributed by atoms with Crippen molar-refractivity contribution in [3.8, 4) is 5.75 Å². The molecule has 1 fully saturated rings. The molecule has 0 amide bonds. The number of nitrogens with zero attached hydrogens (tertiary/aromatic N) is 1. The van der Waals surface area contributed by atoms with Gasteiger partial charge in [0.25, 0.3) is 0 Å². The van der Waals surface area contributed by atoms with Gasteiger partial charge in [-0.05, 0) is 54.5 Å². The Morgan fingerprint density at radius 2 is 1.93 bits per heavy atom. The second-order valence-electron chi connectivity index (χ2n) is 6.64. The summed E-state index contributed by atoms with van der Waals surface area (Å²) in [4.78, 5) is 2.44. The van der Waals surface area contributed by atoms with E-state index < -0.39 is 0 Å². The first-order valence-electron chi connectivity index (χ1n) is 9.23. The third kappa shape index (κ3) is 5.66. The minimum Gasteiger partial charge on any atom is -0.497 e. The second kappa shape index (κ2) is 9.69. The Labute approximate surface area is 166 Å². The van der Waals surface area contributed by atoms with Gasteiger partial charge in [0.05, 0.1) is 26.4 Å². The molecule has 0 saturated carbocycles. The number of morpholine rings is 1. The number of hydrogen-bond acceptors (Lipinski definition) is 4. The van der Waals surface area contributed by atoms with Crippen LogP contribution in [0.2, 0.25) is 0 Å². The van der Waals surface area contributed by atoms with Gasteiger partial charge >= 0.3 is 0 Å². The van der Waals surface area contributed by atoms with E-state index in [2.05, 4.69) is 46.7 Å².